The summed E-state index contributed by atoms with van der Waals surface area (Å²) in [5.74, 6) is 0. The van der Waals surface area contributed by atoms with Crippen LogP contribution >= 0.6 is 0 Å². The fourth-order valence-electron chi connectivity index (χ4n) is 4.65. The Morgan fingerprint density at radius 3 is 0.579 bits per heavy atom. The van der Waals surface area contributed by atoms with E-state index in [1.165, 1.54) is 33.4 Å². The van der Waals surface area contributed by atoms with Crippen LogP contribution in [0.2, 0.25) is 0 Å². The number of hydrogen-bond donors (Lipinski definition) is 2. The van der Waals surface area contributed by atoms with Crippen molar-refractivity contribution in [2.45, 2.75) is 157 Å². The minimum absolute atomic E-state index is 0.0747. The highest BCUT2D eigenvalue weighted by Gasteiger charge is 2.29. The minimum atomic E-state index is 0.0747. The van der Waals surface area contributed by atoms with Gasteiger partial charge in [-0.15, -0.1) is 0 Å². The van der Waals surface area contributed by atoms with E-state index in [4.69, 9.17) is 11.5 Å². The molecule has 0 bridgehead atoms. The summed E-state index contributed by atoms with van der Waals surface area (Å²) in [6.07, 6.45) is 0. The van der Waals surface area contributed by atoms with Crippen LogP contribution in [0, 0.1) is 0 Å². The lowest BCUT2D eigenvalue weighted by atomic mass is 9.74. The highest BCUT2D eigenvalue weighted by Crippen LogP contribution is 2.41. The molecular formula is C36H62N2. The standard InChI is InChI=1S/2C18H31N/c2*1-16(2,3)12-10-13(17(4,5)6)15(19)14(11-12)18(7,8)9/h2*10-11H,19H2,1-9H3. The monoisotopic (exact) mass is 522 g/mol. The molecule has 0 unspecified atom stereocenters. The van der Waals surface area contributed by atoms with Crippen LogP contribution in [0.3, 0.4) is 0 Å². The molecule has 0 spiro atoms. The highest BCUT2D eigenvalue weighted by atomic mass is 14.6. The summed E-state index contributed by atoms with van der Waals surface area (Å²) in [5, 5.41) is 0. The molecule has 0 saturated carbocycles. The van der Waals surface area contributed by atoms with Gasteiger partial charge in [-0.2, -0.15) is 0 Å². The van der Waals surface area contributed by atoms with Crippen molar-refractivity contribution in [3.8, 4) is 0 Å². The van der Waals surface area contributed by atoms with E-state index in [1.807, 2.05) is 0 Å². The van der Waals surface area contributed by atoms with Gasteiger partial charge in [0.1, 0.15) is 0 Å². The average molecular weight is 523 g/mol. The summed E-state index contributed by atoms with van der Waals surface area (Å²) in [4.78, 5) is 0. The second-order valence-electron chi connectivity index (χ2n) is 17.5. The first-order valence-corrected chi connectivity index (χ1v) is 14.4. The van der Waals surface area contributed by atoms with Gasteiger partial charge in [0.2, 0.25) is 0 Å². The molecule has 0 aliphatic heterocycles. The Morgan fingerprint density at radius 2 is 0.474 bits per heavy atom. The molecule has 0 aliphatic carbocycles. The molecule has 0 amide bonds. The van der Waals surface area contributed by atoms with E-state index in [-0.39, 0.29) is 32.5 Å². The predicted molar refractivity (Wildman–Crippen MR) is 174 cm³/mol. The van der Waals surface area contributed by atoms with Crippen molar-refractivity contribution in [3.63, 3.8) is 0 Å². The van der Waals surface area contributed by atoms with E-state index in [1.54, 1.807) is 0 Å². The lowest BCUT2D eigenvalue weighted by molar-refractivity contribution is 0.550. The van der Waals surface area contributed by atoms with Gasteiger partial charge >= 0.3 is 0 Å². The summed E-state index contributed by atoms with van der Waals surface area (Å²) in [5.41, 5.74) is 23.3. The van der Waals surface area contributed by atoms with Crippen molar-refractivity contribution in [1.29, 1.82) is 0 Å². The lowest BCUT2D eigenvalue weighted by Crippen LogP contribution is -2.23. The van der Waals surface area contributed by atoms with Crippen molar-refractivity contribution in [3.05, 3.63) is 57.6 Å². The molecule has 0 aliphatic rings. The van der Waals surface area contributed by atoms with Crippen molar-refractivity contribution in [2.24, 2.45) is 0 Å². The summed E-state index contributed by atoms with van der Waals surface area (Å²) in [7, 11) is 0. The Morgan fingerprint density at radius 1 is 0.316 bits per heavy atom. The number of hydrogen-bond acceptors (Lipinski definition) is 2. The zero-order valence-corrected chi connectivity index (χ0v) is 28.5. The van der Waals surface area contributed by atoms with Crippen molar-refractivity contribution >= 4 is 11.4 Å². The molecule has 2 aromatic rings. The first-order valence-electron chi connectivity index (χ1n) is 14.4. The van der Waals surface area contributed by atoms with Crippen LogP contribution in [-0.2, 0) is 32.5 Å². The van der Waals surface area contributed by atoms with Gasteiger partial charge in [-0.1, -0.05) is 149 Å². The van der Waals surface area contributed by atoms with Gasteiger partial charge in [-0.3, -0.25) is 0 Å². The van der Waals surface area contributed by atoms with Crippen LogP contribution in [0.25, 0.3) is 0 Å². The predicted octanol–water partition coefficient (Wildman–Crippen LogP) is 10.3. The molecule has 0 heterocycles. The Kier molecular flexibility index (Phi) is 9.46. The van der Waals surface area contributed by atoms with Crippen molar-refractivity contribution < 1.29 is 0 Å². The number of rotatable bonds is 0. The fraction of sp³-hybridized carbons (Fsp3) is 0.667. The number of nitrogen functional groups attached to an aromatic ring is 2. The van der Waals surface area contributed by atoms with E-state index in [0.29, 0.717) is 0 Å². The SMILES string of the molecule is CC(C)(C)c1cc(C(C)(C)C)c(N)c(C(C)(C)C)c1.CC(C)(C)c1cc(C(C)(C)C)c(N)c(C(C)(C)C)c1. The molecule has 0 aromatic heterocycles. The molecule has 216 valence electrons. The molecule has 2 nitrogen and oxygen atoms in total. The van der Waals surface area contributed by atoms with Crippen LogP contribution in [-0.4, -0.2) is 0 Å². The minimum Gasteiger partial charge on any atom is -0.398 e. The van der Waals surface area contributed by atoms with Crippen LogP contribution in [0.15, 0.2) is 24.3 Å². The third kappa shape index (κ3) is 8.52. The molecule has 4 N–H and O–H groups in total. The smallest absolute Gasteiger partial charge is 0.0390 e. The van der Waals surface area contributed by atoms with Gasteiger partial charge in [0.25, 0.3) is 0 Å². The molecule has 0 atom stereocenters. The van der Waals surface area contributed by atoms with E-state index >= 15 is 0 Å². The van der Waals surface area contributed by atoms with Crippen molar-refractivity contribution in [1.82, 2.24) is 0 Å². The second kappa shape index (κ2) is 10.5. The Labute approximate surface area is 237 Å². The summed E-state index contributed by atoms with van der Waals surface area (Å²) in [6.45, 7) is 40.4. The zero-order valence-electron chi connectivity index (χ0n) is 28.5. The Hall–Kier alpha value is -1.96. The molecule has 38 heavy (non-hydrogen) atoms. The van der Waals surface area contributed by atoms with Gasteiger partial charge in [-0.05, 0) is 65.9 Å². The van der Waals surface area contributed by atoms with Gasteiger partial charge < -0.3 is 11.5 Å². The third-order valence-electron chi connectivity index (χ3n) is 7.32. The average Bonchev–Trinajstić information content (AvgIpc) is 2.63. The van der Waals surface area contributed by atoms with E-state index < -0.39 is 0 Å². The Bertz CT molecular complexity index is 945. The largest absolute Gasteiger partial charge is 0.398 e. The van der Waals surface area contributed by atoms with Gasteiger partial charge in [0.15, 0.2) is 0 Å². The fourth-order valence-corrected chi connectivity index (χ4v) is 4.65. The normalized spacial score (nSPS) is 13.7. The first kappa shape index (κ1) is 34.1. The van der Waals surface area contributed by atoms with Gasteiger partial charge in [0, 0.05) is 11.4 Å². The second-order valence-corrected chi connectivity index (χ2v) is 17.5. The van der Waals surface area contributed by atoms with E-state index in [0.717, 1.165) is 11.4 Å². The molecule has 0 saturated heterocycles. The zero-order chi connectivity index (χ0) is 30.4. The number of benzene rings is 2. The molecule has 0 radical (unpaired) electrons. The molecular weight excluding hydrogens is 460 g/mol. The van der Waals surface area contributed by atoms with E-state index in [9.17, 15) is 0 Å². The lowest BCUT2D eigenvalue weighted by Gasteiger charge is -2.32. The maximum atomic E-state index is 6.47. The molecule has 2 heteroatoms. The van der Waals surface area contributed by atoms with Crippen LogP contribution in [0.1, 0.15) is 158 Å². The molecule has 2 rings (SSSR count). The number of anilines is 2. The molecule has 2 aromatic carbocycles. The topological polar surface area (TPSA) is 52.0 Å². The highest BCUT2D eigenvalue weighted by molar-refractivity contribution is 5.62. The summed E-state index contributed by atoms with van der Waals surface area (Å²) in [6, 6.07) is 9.18. The van der Waals surface area contributed by atoms with Gasteiger partial charge in [0.05, 0.1) is 0 Å². The maximum Gasteiger partial charge on any atom is 0.0390 e. The summed E-state index contributed by atoms with van der Waals surface area (Å²) >= 11 is 0. The maximum absolute atomic E-state index is 6.47. The number of nitrogens with two attached hydrogens (primary N) is 2. The third-order valence-corrected chi connectivity index (χ3v) is 7.32. The van der Waals surface area contributed by atoms with Crippen LogP contribution in [0.4, 0.5) is 11.4 Å². The van der Waals surface area contributed by atoms with Gasteiger partial charge in [-0.25, -0.2) is 0 Å². The van der Waals surface area contributed by atoms with Crippen LogP contribution < -0.4 is 11.5 Å². The first-order chi connectivity index (χ1) is 16.5. The van der Waals surface area contributed by atoms with Crippen LogP contribution in [0.5, 0.6) is 0 Å². The summed E-state index contributed by atoms with van der Waals surface area (Å²) < 4.78 is 0. The van der Waals surface area contributed by atoms with Crippen molar-refractivity contribution in [2.75, 3.05) is 11.5 Å². The quantitative estimate of drug-likeness (QED) is 0.338. The van der Waals surface area contributed by atoms with E-state index in [2.05, 4.69) is 149 Å². The Balaban J connectivity index is 0.000000380. The molecule has 0 fully saturated rings.